The molecule has 1 amide bonds. The van der Waals surface area contributed by atoms with Gasteiger partial charge in [0.05, 0.1) is 10.0 Å². The zero-order valence-corrected chi connectivity index (χ0v) is 13.6. The quantitative estimate of drug-likeness (QED) is 0.891. The van der Waals surface area contributed by atoms with Gasteiger partial charge in [0, 0.05) is 25.0 Å². The van der Waals surface area contributed by atoms with E-state index in [0.717, 1.165) is 18.4 Å². The smallest absolute Gasteiger partial charge is 0.224 e. The van der Waals surface area contributed by atoms with Crippen molar-refractivity contribution in [3.63, 3.8) is 0 Å². The Labute approximate surface area is 135 Å². The van der Waals surface area contributed by atoms with Crippen molar-refractivity contribution in [1.82, 2.24) is 4.90 Å². The molecule has 1 fully saturated rings. The minimum atomic E-state index is -0.109. The van der Waals surface area contributed by atoms with Crippen LogP contribution in [0.15, 0.2) is 18.2 Å². The molecule has 1 atom stereocenters. The average Bonchev–Trinajstić information content (AvgIpc) is 3.13. The summed E-state index contributed by atoms with van der Waals surface area (Å²) in [5.74, 6) is 0.114. The van der Waals surface area contributed by atoms with Gasteiger partial charge in [0.25, 0.3) is 0 Å². The normalized spacial score (nSPS) is 15.4. The Morgan fingerprint density at radius 2 is 2.05 bits per heavy atom. The van der Waals surface area contributed by atoms with Crippen LogP contribution >= 0.6 is 35.6 Å². The summed E-state index contributed by atoms with van der Waals surface area (Å²) in [6.07, 6.45) is 2.54. The highest BCUT2D eigenvalue weighted by Gasteiger charge is 2.32. The molecule has 3 nitrogen and oxygen atoms in total. The van der Waals surface area contributed by atoms with Crippen molar-refractivity contribution < 1.29 is 4.79 Å². The first kappa shape index (κ1) is 17.6. The zero-order valence-electron chi connectivity index (χ0n) is 11.3. The second kappa shape index (κ2) is 7.51. The van der Waals surface area contributed by atoms with E-state index < -0.39 is 0 Å². The van der Waals surface area contributed by atoms with Crippen molar-refractivity contribution in [2.45, 2.75) is 44.8 Å². The van der Waals surface area contributed by atoms with Gasteiger partial charge in [-0.25, -0.2) is 0 Å². The predicted octanol–water partition coefficient (Wildman–Crippen LogP) is 3.64. The third-order valence-electron chi connectivity index (χ3n) is 3.14. The fourth-order valence-electron chi connectivity index (χ4n) is 2.03. The summed E-state index contributed by atoms with van der Waals surface area (Å²) >= 11 is 11.9. The molecule has 0 bridgehead atoms. The number of carbonyl (C=O) groups excluding carboxylic acids is 1. The van der Waals surface area contributed by atoms with Crippen LogP contribution in [0.4, 0.5) is 0 Å². The molecule has 2 rings (SSSR count). The topological polar surface area (TPSA) is 46.3 Å². The number of rotatable bonds is 5. The van der Waals surface area contributed by atoms with Gasteiger partial charge < -0.3 is 10.6 Å². The lowest BCUT2D eigenvalue weighted by Crippen LogP contribution is -2.36. The van der Waals surface area contributed by atoms with E-state index in [1.54, 1.807) is 6.07 Å². The number of amides is 1. The molecule has 1 aliphatic carbocycles. The number of nitrogens with zero attached hydrogens (tertiary/aromatic N) is 1. The van der Waals surface area contributed by atoms with Gasteiger partial charge in [-0.2, -0.15) is 0 Å². The van der Waals surface area contributed by atoms with Crippen LogP contribution in [0.5, 0.6) is 0 Å². The molecular weight excluding hydrogens is 319 g/mol. The van der Waals surface area contributed by atoms with Crippen LogP contribution in [0.1, 0.15) is 31.7 Å². The monoisotopic (exact) mass is 336 g/mol. The molecule has 2 N–H and O–H groups in total. The van der Waals surface area contributed by atoms with Gasteiger partial charge in [-0.1, -0.05) is 29.3 Å². The first-order valence-electron chi connectivity index (χ1n) is 6.46. The molecule has 0 aliphatic heterocycles. The van der Waals surface area contributed by atoms with E-state index in [1.165, 1.54) is 0 Å². The molecule has 0 aromatic heterocycles. The summed E-state index contributed by atoms with van der Waals surface area (Å²) in [5, 5.41) is 1.06. The lowest BCUT2D eigenvalue weighted by Gasteiger charge is -2.23. The third-order valence-corrected chi connectivity index (χ3v) is 3.88. The average molecular weight is 338 g/mol. The molecular formula is C14H19Cl3N2O. The Bertz CT molecular complexity index is 475. The van der Waals surface area contributed by atoms with Crippen LogP contribution in [0.3, 0.4) is 0 Å². The number of benzene rings is 1. The maximum atomic E-state index is 12.2. The zero-order chi connectivity index (χ0) is 14.0. The van der Waals surface area contributed by atoms with Gasteiger partial charge in [0.2, 0.25) is 5.91 Å². The van der Waals surface area contributed by atoms with Crippen LogP contribution in [-0.2, 0) is 11.3 Å². The highest BCUT2D eigenvalue weighted by Crippen LogP contribution is 2.30. The van der Waals surface area contributed by atoms with Crippen LogP contribution < -0.4 is 5.73 Å². The fourth-order valence-corrected chi connectivity index (χ4v) is 2.36. The minimum Gasteiger partial charge on any atom is -0.335 e. The summed E-state index contributed by atoms with van der Waals surface area (Å²) in [6, 6.07) is 5.74. The maximum Gasteiger partial charge on any atom is 0.224 e. The first-order valence-corrected chi connectivity index (χ1v) is 7.22. The van der Waals surface area contributed by atoms with Crippen molar-refractivity contribution in [3.05, 3.63) is 33.8 Å². The van der Waals surface area contributed by atoms with Crippen molar-refractivity contribution >= 4 is 41.5 Å². The van der Waals surface area contributed by atoms with E-state index in [4.69, 9.17) is 28.9 Å². The molecule has 20 heavy (non-hydrogen) atoms. The Hall–Kier alpha value is -0.480. The van der Waals surface area contributed by atoms with E-state index >= 15 is 0 Å². The fraction of sp³-hybridized carbons (Fsp3) is 0.500. The highest BCUT2D eigenvalue weighted by molar-refractivity contribution is 6.42. The Morgan fingerprint density at radius 1 is 1.40 bits per heavy atom. The molecule has 1 aromatic carbocycles. The van der Waals surface area contributed by atoms with Crippen molar-refractivity contribution in [2.24, 2.45) is 5.73 Å². The molecule has 0 saturated heterocycles. The molecule has 1 aliphatic rings. The Balaban J connectivity index is 0.00000200. The lowest BCUT2D eigenvalue weighted by molar-refractivity contribution is -0.132. The molecule has 0 radical (unpaired) electrons. The number of hydrogen-bond acceptors (Lipinski definition) is 2. The first-order chi connectivity index (χ1) is 8.97. The molecule has 0 spiro atoms. The van der Waals surface area contributed by atoms with Crippen LogP contribution in [-0.4, -0.2) is 22.9 Å². The summed E-state index contributed by atoms with van der Waals surface area (Å²) < 4.78 is 0. The maximum absolute atomic E-state index is 12.2. The van der Waals surface area contributed by atoms with Crippen molar-refractivity contribution in [1.29, 1.82) is 0 Å². The predicted molar refractivity (Wildman–Crippen MR) is 85.5 cm³/mol. The van der Waals surface area contributed by atoms with Crippen LogP contribution in [0.2, 0.25) is 10.0 Å². The van der Waals surface area contributed by atoms with E-state index in [-0.39, 0.29) is 24.4 Å². The molecule has 0 heterocycles. The number of nitrogens with two attached hydrogens (primary N) is 1. The van der Waals surface area contributed by atoms with E-state index in [2.05, 4.69) is 0 Å². The van der Waals surface area contributed by atoms with Gasteiger partial charge in [0.15, 0.2) is 0 Å². The van der Waals surface area contributed by atoms with Gasteiger partial charge >= 0.3 is 0 Å². The summed E-state index contributed by atoms with van der Waals surface area (Å²) in [4.78, 5) is 14.1. The standard InChI is InChI=1S/C14H18Cl2N2O.ClH/c1-9(17)6-14(19)18(11-3-4-11)8-10-2-5-12(15)13(16)7-10;/h2,5,7,9,11H,3-4,6,8,17H2,1H3;1H. The Morgan fingerprint density at radius 3 is 2.55 bits per heavy atom. The van der Waals surface area contributed by atoms with Gasteiger partial charge in [-0.05, 0) is 37.5 Å². The molecule has 1 unspecified atom stereocenters. The van der Waals surface area contributed by atoms with Gasteiger partial charge in [-0.15, -0.1) is 12.4 Å². The highest BCUT2D eigenvalue weighted by atomic mass is 35.5. The number of hydrogen-bond donors (Lipinski definition) is 1. The molecule has 1 aromatic rings. The van der Waals surface area contributed by atoms with Crippen molar-refractivity contribution in [2.75, 3.05) is 0 Å². The summed E-state index contributed by atoms with van der Waals surface area (Å²) in [6.45, 7) is 2.43. The largest absolute Gasteiger partial charge is 0.335 e. The van der Waals surface area contributed by atoms with Gasteiger partial charge in [0.1, 0.15) is 0 Å². The van der Waals surface area contributed by atoms with E-state index in [0.29, 0.717) is 29.1 Å². The summed E-state index contributed by atoms with van der Waals surface area (Å²) in [5.41, 5.74) is 6.70. The second-order valence-corrected chi connectivity index (χ2v) is 6.00. The third kappa shape index (κ3) is 4.81. The molecule has 1 saturated carbocycles. The van der Waals surface area contributed by atoms with Gasteiger partial charge in [-0.3, -0.25) is 4.79 Å². The van der Waals surface area contributed by atoms with E-state index in [1.807, 2.05) is 24.0 Å². The summed E-state index contributed by atoms with van der Waals surface area (Å²) in [7, 11) is 0. The van der Waals surface area contributed by atoms with Crippen LogP contribution in [0, 0.1) is 0 Å². The Kier molecular flexibility index (Phi) is 6.59. The number of carbonyl (C=O) groups is 1. The van der Waals surface area contributed by atoms with E-state index in [9.17, 15) is 4.79 Å². The second-order valence-electron chi connectivity index (χ2n) is 5.18. The molecule has 112 valence electrons. The van der Waals surface area contributed by atoms with Crippen molar-refractivity contribution in [3.8, 4) is 0 Å². The SMILES string of the molecule is CC(N)CC(=O)N(Cc1ccc(Cl)c(Cl)c1)C1CC1.Cl. The lowest BCUT2D eigenvalue weighted by atomic mass is 10.1. The van der Waals surface area contributed by atoms with Crippen LogP contribution in [0.25, 0.3) is 0 Å². The molecule has 6 heteroatoms. The minimum absolute atomic E-state index is 0. The number of halogens is 3.